The van der Waals surface area contributed by atoms with Gasteiger partial charge in [0.05, 0.1) is 0 Å². The number of carbonyl (C=O) groups excluding carboxylic acids is 1. The van der Waals surface area contributed by atoms with Crippen molar-refractivity contribution in [1.82, 2.24) is 10.1 Å². The van der Waals surface area contributed by atoms with Gasteiger partial charge in [-0.15, -0.1) is 5.10 Å². The summed E-state index contributed by atoms with van der Waals surface area (Å²) in [7, 11) is 0. The summed E-state index contributed by atoms with van der Waals surface area (Å²) in [6, 6.07) is 10.7. The van der Waals surface area contributed by atoms with Crippen molar-refractivity contribution in [2.24, 2.45) is 22.4 Å². The molecule has 0 aromatic heterocycles. The summed E-state index contributed by atoms with van der Waals surface area (Å²) in [5.41, 5.74) is 1.32. The highest BCUT2D eigenvalue weighted by Crippen LogP contribution is 2.66. The fourth-order valence-electron chi connectivity index (χ4n) is 8.07. The van der Waals surface area contributed by atoms with Crippen molar-refractivity contribution < 1.29 is 22.8 Å². The van der Waals surface area contributed by atoms with E-state index >= 15 is 0 Å². The number of rotatable bonds is 3. The highest BCUT2D eigenvalue weighted by molar-refractivity contribution is 5.90. The van der Waals surface area contributed by atoms with Crippen LogP contribution in [0.3, 0.4) is 0 Å². The fraction of sp³-hybridized carbons (Fsp3) is 0.680. The number of nitrogens with zero attached hydrogens (tertiary/aromatic N) is 3. The first-order valence-corrected chi connectivity index (χ1v) is 12.3. The largest absolute Gasteiger partial charge is 0.493 e. The van der Waals surface area contributed by atoms with Gasteiger partial charge in [-0.25, -0.2) is 4.79 Å². The molecule has 3 atom stereocenters. The Kier molecular flexibility index (Phi) is 4.76. The molecule has 3 unspecified atom stereocenters. The monoisotopic (exact) mass is 461 g/mol. The molecule has 0 N–H and O–H groups in total. The minimum atomic E-state index is -5.04. The van der Waals surface area contributed by atoms with Crippen LogP contribution in [0.2, 0.25) is 0 Å². The number of amidine groups is 1. The summed E-state index contributed by atoms with van der Waals surface area (Å²) in [5, 5.41) is 5.67. The molecule has 1 aromatic carbocycles. The maximum atomic E-state index is 13.0. The lowest BCUT2D eigenvalue weighted by atomic mass is 9.42. The molecule has 178 valence electrons. The quantitative estimate of drug-likeness (QED) is 0.607. The lowest BCUT2D eigenvalue weighted by Crippen LogP contribution is -2.59. The van der Waals surface area contributed by atoms with Crippen molar-refractivity contribution in [1.29, 1.82) is 0 Å². The minimum absolute atomic E-state index is 0.102. The van der Waals surface area contributed by atoms with Crippen LogP contribution >= 0.6 is 0 Å². The Bertz CT molecular complexity index is 949. The molecule has 0 radical (unpaired) electrons. The molecule has 6 aliphatic rings. The van der Waals surface area contributed by atoms with Crippen LogP contribution in [0.4, 0.5) is 13.2 Å². The molecule has 1 saturated heterocycles. The summed E-state index contributed by atoms with van der Waals surface area (Å²) >= 11 is 0. The molecular weight excluding hydrogens is 431 g/mol. The third-order valence-corrected chi connectivity index (χ3v) is 8.77. The molecule has 1 aromatic rings. The molecule has 5 fully saturated rings. The van der Waals surface area contributed by atoms with Crippen molar-refractivity contribution in [2.75, 3.05) is 6.54 Å². The van der Waals surface area contributed by atoms with Gasteiger partial charge in [-0.2, -0.15) is 13.2 Å². The Morgan fingerprint density at radius 3 is 2.39 bits per heavy atom. The second-order valence-corrected chi connectivity index (χ2v) is 11.0. The first kappa shape index (κ1) is 21.3. The summed E-state index contributed by atoms with van der Waals surface area (Å²) in [6.45, 7) is 0.749. The zero-order chi connectivity index (χ0) is 22.8. The Balaban J connectivity index is 1.38. The van der Waals surface area contributed by atoms with E-state index in [1.807, 2.05) is 0 Å². The number of hydrogen-bond acceptors (Lipinski definition) is 5. The van der Waals surface area contributed by atoms with Crippen LogP contribution in [0.5, 0.6) is 0 Å². The maximum absolute atomic E-state index is 13.0. The average Bonchev–Trinajstić information content (AvgIpc) is 2.94. The van der Waals surface area contributed by atoms with E-state index in [1.54, 1.807) is 0 Å². The zero-order valence-corrected chi connectivity index (χ0v) is 18.7. The van der Waals surface area contributed by atoms with Crippen molar-refractivity contribution >= 4 is 11.8 Å². The maximum Gasteiger partial charge on any atom is 0.493 e. The third kappa shape index (κ3) is 3.43. The van der Waals surface area contributed by atoms with Gasteiger partial charge in [0, 0.05) is 12.0 Å². The Morgan fingerprint density at radius 2 is 1.70 bits per heavy atom. The first-order valence-electron chi connectivity index (χ1n) is 12.3. The molecule has 0 spiro atoms. The van der Waals surface area contributed by atoms with E-state index in [-0.39, 0.29) is 10.8 Å². The van der Waals surface area contributed by atoms with E-state index in [0.717, 1.165) is 56.1 Å². The molecule has 4 saturated carbocycles. The summed E-state index contributed by atoms with van der Waals surface area (Å²) in [6.07, 6.45) is 4.68. The van der Waals surface area contributed by atoms with E-state index in [4.69, 9.17) is 4.84 Å². The lowest BCUT2D eigenvalue weighted by molar-refractivity contribution is -0.250. The number of carbonyl (C=O) groups is 1. The van der Waals surface area contributed by atoms with Crippen LogP contribution in [-0.4, -0.2) is 40.8 Å². The van der Waals surface area contributed by atoms with Gasteiger partial charge in [-0.05, 0) is 80.6 Å². The molecule has 2 aliphatic heterocycles. The van der Waals surface area contributed by atoms with E-state index in [2.05, 4.69) is 40.3 Å². The second kappa shape index (κ2) is 7.37. The van der Waals surface area contributed by atoms with Gasteiger partial charge in [0.1, 0.15) is 5.84 Å². The van der Waals surface area contributed by atoms with E-state index < -0.39 is 18.3 Å². The van der Waals surface area contributed by atoms with Crippen molar-refractivity contribution in [3.8, 4) is 0 Å². The average molecular weight is 462 g/mol. The highest BCUT2D eigenvalue weighted by atomic mass is 19.4. The Labute approximate surface area is 191 Å². The number of fused-ring (bicyclic) bond motifs is 1. The van der Waals surface area contributed by atoms with Gasteiger partial charge in [-0.1, -0.05) is 41.9 Å². The molecule has 4 aliphatic carbocycles. The van der Waals surface area contributed by atoms with E-state index in [9.17, 15) is 18.0 Å². The minimum Gasteiger partial charge on any atom is -0.333 e. The highest BCUT2D eigenvalue weighted by Gasteiger charge is 2.62. The SMILES string of the molecule is O=C(ON1N=C(C23CC4CC(C2)CC(c2ccccc2)(C4)C3)N2CCCCCC12)C(F)(F)F. The molecule has 7 rings (SSSR count). The number of hydrazone groups is 1. The van der Waals surface area contributed by atoms with Crippen molar-refractivity contribution in [3.63, 3.8) is 0 Å². The normalized spacial score (nSPS) is 37.5. The lowest BCUT2D eigenvalue weighted by Gasteiger charge is -2.62. The van der Waals surface area contributed by atoms with Gasteiger partial charge in [0.25, 0.3) is 0 Å². The van der Waals surface area contributed by atoms with Crippen LogP contribution in [-0.2, 0) is 15.0 Å². The van der Waals surface area contributed by atoms with E-state index in [0.29, 0.717) is 18.3 Å². The standard InChI is InChI=1S/C25H30F3N3O2/c26-25(27,28)22(32)33-31-20-9-5-2-6-10-30(20)21(29-31)24-14-17-11-18(15-24)13-23(12-17,16-24)19-7-3-1-4-8-19/h1,3-4,7-8,17-18,20H,2,5-6,9-16H2. The molecule has 0 amide bonds. The second-order valence-electron chi connectivity index (χ2n) is 11.0. The first-order chi connectivity index (χ1) is 15.8. The summed E-state index contributed by atoms with van der Waals surface area (Å²) < 4.78 is 39.0. The summed E-state index contributed by atoms with van der Waals surface area (Å²) in [4.78, 5) is 18.7. The number of halogens is 3. The van der Waals surface area contributed by atoms with Gasteiger partial charge >= 0.3 is 12.1 Å². The van der Waals surface area contributed by atoms with E-state index in [1.165, 1.54) is 24.8 Å². The smallest absolute Gasteiger partial charge is 0.333 e. The van der Waals surface area contributed by atoms with Crippen LogP contribution < -0.4 is 0 Å². The van der Waals surface area contributed by atoms with Crippen molar-refractivity contribution in [3.05, 3.63) is 35.9 Å². The number of alkyl halides is 3. The third-order valence-electron chi connectivity index (χ3n) is 8.77. The topological polar surface area (TPSA) is 45.1 Å². The number of hydrogen-bond donors (Lipinski definition) is 0. The van der Waals surface area contributed by atoms with Crippen LogP contribution in [0.25, 0.3) is 0 Å². The van der Waals surface area contributed by atoms with Gasteiger partial charge < -0.3 is 9.74 Å². The summed E-state index contributed by atoms with van der Waals surface area (Å²) in [5.74, 6) is -0.112. The molecule has 8 heteroatoms. The van der Waals surface area contributed by atoms with Gasteiger partial charge in [0.15, 0.2) is 6.17 Å². The Hall–Kier alpha value is -2.25. The number of benzene rings is 1. The number of hydroxylamine groups is 1. The van der Waals surface area contributed by atoms with Crippen LogP contribution in [0.1, 0.15) is 69.8 Å². The predicted octanol–water partition coefficient (Wildman–Crippen LogP) is 5.38. The fourth-order valence-corrected chi connectivity index (χ4v) is 8.07. The van der Waals surface area contributed by atoms with Crippen molar-refractivity contribution in [2.45, 2.75) is 82.0 Å². The zero-order valence-electron chi connectivity index (χ0n) is 18.7. The molecule has 33 heavy (non-hydrogen) atoms. The molecule has 2 heterocycles. The van der Waals surface area contributed by atoms with Crippen LogP contribution in [0, 0.1) is 17.3 Å². The molecule has 5 nitrogen and oxygen atoms in total. The molecular formula is C25H30F3N3O2. The van der Waals surface area contributed by atoms with Crippen LogP contribution in [0.15, 0.2) is 35.4 Å². The van der Waals surface area contributed by atoms with Gasteiger partial charge in [0.2, 0.25) is 0 Å². The predicted molar refractivity (Wildman–Crippen MR) is 116 cm³/mol. The molecule has 4 bridgehead atoms. The van der Waals surface area contributed by atoms with Gasteiger partial charge in [-0.3, -0.25) is 0 Å². The Morgan fingerprint density at radius 1 is 1.00 bits per heavy atom.